The zero-order valence-corrected chi connectivity index (χ0v) is 13.5. The lowest BCUT2D eigenvalue weighted by Crippen LogP contribution is -2.39. The molecule has 0 atom stereocenters. The molecule has 7 nitrogen and oxygen atoms in total. The third-order valence-electron chi connectivity index (χ3n) is 2.91. The first-order chi connectivity index (χ1) is 9.77. The molecule has 0 fully saturated rings. The first kappa shape index (κ1) is 17.9. The van der Waals surface area contributed by atoms with E-state index in [1.807, 2.05) is 0 Å². The minimum atomic E-state index is -0.544. The highest BCUT2D eigenvalue weighted by molar-refractivity contribution is 5.97. The van der Waals surface area contributed by atoms with Crippen LogP contribution < -0.4 is 25.8 Å². The summed E-state index contributed by atoms with van der Waals surface area (Å²) >= 11 is 0. The predicted molar refractivity (Wildman–Crippen MR) is 85.3 cm³/mol. The molecule has 122 valence electrons. The molecular formula is C14H20ClN3O4. The van der Waals surface area contributed by atoms with Crippen LogP contribution in [0.3, 0.4) is 0 Å². The van der Waals surface area contributed by atoms with Crippen LogP contribution in [0.5, 0.6) is 11.5 Å². The molecule has 2 amide bonds. The standard InChI is InChI=1S/C14H19N3O4.ClH/c1-14(2,3)13(19)16-6-12(18)17-9-5-11-10(4-8(9)15)20-7-21-11;/h4-5H,6-7,15H2,1-3H3,(H,16,19)(H,17,18);1H. The summed E-state index contributed by atoms with van der Waals surface area (Å²) in [5.74, 6) is 0.513. The van der Waals surface area contributed by atoms with Crippen LogP contribution in [0.4, 0.5) is 11.4 Å². The number of carbonyl (C=O) groups is 2. The van der Waals surface area contributed by atoms with Gasteiger partial charge in [0.25, 0.3) is 0 Å². The lowest BCUT2D eigenvalue weighted by atomic mass is 9.96. The van der Waals surface area contributed by atoms with Crippen molar-refractivity contribution in [3.8, 4) is 11.5 Å². The smallest absolute Gasteiger partial charge is 0.243 e. The van der Waals surface area contributed by atoms with E-state index in [2.05, 4.69) is 10.6 Å². The molecule has 0 aromatic heterocycles. The second-order valence-electron chi connectivity index (χ2n) is 5.77. The van der Waals surface area contributed by atoms with Crippen molar-refractivity contribution in [1.29, 1.82) is 0 Å². The number of benzene rings is 1. The Labute approximate surface area is 134 Å². The molecule has 1 aromatic carbocycles. The topological polar surface area (TPSA) is 103 Å². The monoisotopic (exact) mass is 329 g/mol. The predicted octanol–water partition coefficient (Wildman–Crippen LogP) is 1.52. The Morgan fingerprint density at radius 2 is 1.82 bits per heavy atom. The number of nitrogens with two attached hydrogens (primary N) is 1. The maximum absolute atomic E-state index is 11.8. The van der Waals surface area contributed by atoms with Crippen molar-refractivity contribution < 1.29 is 19.1 Å². The summed E-state index contributed by atoms with van der Waals surface area (Å²) < 4.78 is 10.4. The number of hydrogen-bond acceptors (Lipinski definition) is 5. The van der Waals surface area contributed by atoms with Gasteiger partial charge in [0.15, 0.2) is 11.5 Å². The fourth-order valence-corrected chi connectivity index (χ4v) is 1.69. The molecule has 1 aliphatic rings. The average Bonchev–Trinajstić information content (AvgIpc) is 2.82. The number of fused-ring (bicyclic) bond motifs is 1. The van der Waals surface area contributed by atoms with E-state index in [-0.39, 0.29) is 37.6 Å². The van der Waals surface area contributed by atoms with Crippen molar-refractivity contribution in [1.82, 2.24) is 5.32 Å². The fraction of sp³-hybridized carbons (Fsp3) is 0.429. The number of ether oxygens (including phenoxy) is 2. The molecule has 4 N–H and O–H groups in total. The van der Waals surface area contributed by atoms with E-state index in [0.717, 1.165) is 0 Å². The summed E-state index contributed by atoms with van der Waals surface area (Å²) in [6.45, 7) is 5.33. The molecule has 0 bridgehead atoms. The van der Waals surface area contributed by atoms with Crippen LogP contribution in [0, 0.1) is 5.41 Å². The molecule has 1 heterocycles. The van der Waals surface area contributed by atoms with Crippen LogP contribution in [0.25, 0.3) is 0 Å². The van der Waals surface area contributed by atoms with Gasteiger partial charge in [-0.3, -0.25) is 9.59 Å². The van der Waals surface area contributed by atoms with Gasteiger partial charge in [-0.1, -0.05) is 20.8 Å². The Kier molecular flexibility index (Phi) is 5.48. The third kappa shape index (κ3) is 4.17. The Hall–Kier alpha value is -2.15. The van der Waals surface area contributed by atoms with Gasteiger partial charge < -0.3 is 25.8 Å². The van der Waals surface area contributed by atoms with Gasteiger partial charge in [-0.25, -0.2) is 0 Å². The quantitative estimate of drug-likeness (QED) is 0.730. The van der Waals surface area contributed by atoms with Gasteiger partial charge in [-0.05, 0) is 0 Å². The lowest BCUT2D eigenvalue weighted by molar-refractivity contribution is -0.130. The number of rotatable bonds is 3. The van der Waals surface area contributed by atoms with Crippen LogP contribution >= 0.6 is 12.4 Å². The lowest BCUT2D eigenvalue weighted by Gasteiger charge is -2.17. The summed E-state index contributed by atoms with van der Waals surface area (Å²) in [5, 5.41) is 5.20. The molecule has 0 unspecified atom stereocenters. The highest BCUT2D eigenvalue weighted by Crippen LogP contribution is 2.38. The molecular weight excluding hydrogens is 310 g/mol. The van der Waals surface area contributed by atoms with E-state index in [4.69, 9.17) is 15.2 Å². The molecule has 2 rings (SSSR count). The van der Waals surface area contributed by atoms with Gasteiger partial charge in [-0.2, -0.15) is 0 Å². The summed E-state index contributed by atoms with van der Waals surface area (Å²) in [6.07, 6.45) is 0. The summed E-state index contributed by atoms with van der Waals surface area (Å²) in [7, 11) is 0. The average molecular weight is 330 g/mol. The Morgan fingerprint density at radius 1 is 1.23 bits per heavy atom. The van der Waals surface area contributed by atoms with Crippen LogP contribution in [-0.2, 0) is 9.59 Å². The molecule has 0 saturated heterocycles. The minimum absolute atomic E-state index is 0. The van der Waals surface area contributed by atoms with E-state index in [0.29, 0.717) is 22.9 Å². The molecule has 1 aromatic rings. The number of halogens is 1. The maximum Gasteiger partial charge on any atom is 0.243 e. The molecule has 8 heteroatoms. The Bertz CT molecular complexity index is 584. The van der Waals surface area contributed by atoms with Crippen molar-refractivity contribution in [3.63, 3.8) is 0 Å². The number of anilines is 2. The number of nitrogen functional groups attached to an aromatic ring is 1. The van der Waals surface area contributed by atoms with Crippen molar-refractivity contribution in [2.45, 2.75) is 20.8 Å². The minimum Gasteiger partial charge on any atom is -0.454 e. The molecule has 0 saturated carbocycles. The number of amides is 2. The Morgan fingerprint density at radius 3 is 2.41 bits per heavy atom. The number of hydrogen-bond donors (Lipinski definition) is 3. The van der Waals surface area contributed by atoms with Crippen molar-refractivity contribution in [2.75, 3.05) is 24.4 Å². The van der Waals surface area contributed by atoms with Gasteiger partial charge in [0, 0.05) is 17.5 Å². The second kappa shape index (κ2) is 6.74. The molecule has 0 spiro atoms. The van der Waals surface area contributed by atoms with Crippen molar-refractivity contribution >= 4 is 35.6 Å². The summed E-state index contributed by atoms with van der Waals surface area (Å²) in [6, 6.07) is 3.19. The van der Waals surface area contributed by atoms with Crippen LogP contribution in [-0.4, -0.2) is 25.2 Å². The molecule has 0 radical (unpaired) electrons. The van der Waals surface area contributed by atoms with E-state index in [1.54, 1.807) is 32.9 Å². The zero-order chi connectivity index (χ0) is 15.6. The second-order valence-corrected chi connectivity index (χ2v) is 5.77. The van der Waals surface area contributed by atoms with Crippen molar-refractivity contribution in [2.24, 2.45) is 5.41 Å². The van der Waals surface area contributed by atoms with E-state index in [9.17, 15) is 9.59 Å². The van der Waals surface area contributed by atoms with Crippen molar-refractivity contribution in [3.05, 3.63) is 12.1 Å². The zero-order valence-electron chi connectivity index (χ0n) is 12.7. The van der Waals surface area contributed by atoms with E-state index >= 15 is 0 Å². The maximum atomic E-state index is 11.8. The molecule has 0 aliphatic carbocycles. The van der Waals surface area contributed by atoms with Gasteiger partial charge in [-0.15, -0.1) is 12.4 Å². The Balaban J connectivity index is 0.00000242. The third-order valence-corrected chi connectivity index (χ3v) is 2.91. The van der Waals surface area contributed by atoms with Crippen LogP contribution in [0.2, 0.25) is 0 Å². The number of nitrogens with one attached hydrogen (secondary N) is 2. The highest BCUT2D eigenvalue weighted by atomic mass is 35.5. The fourth-order valence-electron chi connectivity index (χ4n) is 1.69. The van der Waals surface area contributed by atoms with Gasteiger partial charge in [0.05, 0.1) is 17.9 Å². The largest absolute Gasteiger partial charge is 0.454 e. The number of carbonyl (C=O) groups excluding carboxylic acids is 2. The first-order valence-electron chi connectivity index (χ1n) is 6.54. The summed E-state index contributed by atoms with van der Waals surface area (Å²) in [5.41, 5.74) is 6.08. The van der Waals surface area contributed by atoms with E-state index in [1.165, 1.54) is 0 Å². The van der Waals surface area contributed by atoms with E-state index < -0.39 is 5.41 Å². The molecule has 1 aliphatic heterocycles. The van der Waals surface area contributed by atoms with Crippen LogP contribution in [0.1, 0.15) is 20.8 Å². The van der Waals surface area contributed by atoms with Gasteiger partial charge in [0.2, 0.25) is 18.6 Å². The van der Waals surface area contributed by atoms with Crippen LogP contribution in [0.15, 0.2) is 12.1 Å². The first-order valence-corrected chi connectivity index (χ1v) is 6.54. The molecule has 22 heavy (non-hydrogen) atoms. The van der Waals surface area contributed by atoms with Gasteiger partial charge in [0.1, 0.15) is 0 Å². The highest BCUT2D eigenvalue weighted by Gasteiger charge is 2.22. The summed E-state index contributed by atoms with van der Waals surface area (Å²) in [4.78, 5) is 23.5. The normalized spacial score (nSPS) is 12.3. The van der Waals surface area contributed by atoms with Gasteiger partial charge >= 0.3 is 0 Å². The SMILES string of the molecule is CC(C)(C)C(=O)NCC(=O)Nc1cc2c(cc1N)OCO2.Cl.